The number of aromatic nitrogens is 3. The van der Waals surface area contributed by atoms with Crippen LogP contribution in [0.1, 0.15) is 39.7 Å². The topological polar surface area (TPSA) is 68.8 Å². The summed E-state index contributed by atoms with van der Waals surface area (Å²) in [5, 5.41) is 5.42. The first kappa shape index (κ1) is 19.0. The molecule has 1 aliphatic rings. The highest BCUT2D eigenvalue weighted by Crippen LogP contribution is 2.29. The van der Waals surface area contributed by atoms with Crippen molar-refractivity contribution in [3.63, 3.8) is 0 Å². The number of carbonyl (C=O) groups is 1. The molecule has 0 bridgehead atoms. The second kappa shape index (κ2) is 6.92. The third kappa shape index (κ3) is 3.53. The molecule has 1 amide bonds. The fourth-order valence-electron chi connectivity index (χ4n) is 3.68. The third-order valence-electron chi connectivity index (χ3n) is 4.95. The summed E-state index contributed by atoms with van der Waals surface area (Å²) in [7, 11) is 0. The summed E-state index contributed by atoms with van der Waals surface area (Å²) in [6.45, 7) is 6.86. The van der Waals surface area contributed by atoms with Crippen LogP contribution >= 0.6 is 15.9 Å². The molecule has 28 heavy (non-hydrogen) atoms. The van der Waals surface area contributed by atoms with Crippen LogP contribution in [-0.4, -0.2) is 43.9 Å². The Labute approximate surface area is 171 Å². The van der Waals surface area contributed by atoms with E-state index < -0.39 is 5.60 Å². The highest BCUT2D eigenvalue weighted by Gasteiger charge is 2.28. The molecule has 3 aromatic rings. The minimum Gasteiger partial charge on any atom is -0.444 e. The molecule has 0 atom stereocenters. The summed E-state index contributed by atoms with van der Waals surface area (Å²) < 4.78 is 10.00. The number of carbonyl (C=O) groups excluding carboxylic acids is 1. The zero-order chi connectivity index (χ0) is 20.1. The normalized spacial score (nSPS) is 16.1. The highest BCUT2D eigenvalue weighted by atomic mass is 79.9. The Morgan fingerprint density at radius 1 is 1.21 bits per heavy atom. The number of fused-ring (bicyclic) bond motifs is 3. The molecule has 0 unspecified atom stereocenters. The number of hydrogen-bond acceptors (Lipinski definition) is 4. The molecular formula is C20H23BrN4O3. The number of halogens is 1. The van der Waals surface area contributed by atoms with Gasteiger partial charge in [-0.2, -0.15) is 9.61 Å². The van der Waals surface area contributed by atoms with E-state index in [2.05, 4.69) is 25.6 Å². The van der Waals surface area contributed by atoms with E-state index in [1.54, 1.807) is 11.0 Å². The monoisotopic (exact) mass is 446 g/mol. The van der Waals surface area contributed by atoms with Gasteiger partial charge in [0.2, 0.25) is 0 Å². The van der Waals surface area contributed by atoms with Gasteiger partial charge in [-0.05, 0) is 51.8 Å². The number of amides is 1. The summed E-state index contributed by atoms with van der Waals surface area (Å²) in [5.74, 6) is 0. The van der Waals surface area contributed by atoms with Crippen molar-refractivity contribution in [2.75, 3.05) is 13.1 Å². The zero-order valence-corrected chi connectivity index (χ0v) is 17.8. The number of hydrogen-bond donors (Lipinski definition) is 0. The van der Waals surface area contributed by atoms with Gasteiger partial charge < -0.3 is 14.2 Å². The van der Waals surface area contributed by atoms with E-state index >= 15 is 0 Å². The molecule has 1 fully saturated rings. The third-order valence-corrected chi connectivity index (χ3v) is 5.44. The summed E-state index contributed by atoms with van der Waals surface area (Å²) in [5.41, 5.74) is 0.928. The van der Waals surface area contributed by atoms with Gasteiger partial charge in [0, 0.05) is 41.3 Å². The molecule has 1 aromatic carbocycles. The van der Waals surface area contributed by atoms with Crippen LogP contribution in [-0.2, 0) is 4.74 Å². The fourth-order valence-corrected chi connectivity index (χ4v) is 4.03. The summed E-state index contributed by atoms with van der Waals surface area (Å²) >= 11 is 3.46. The highest BCUT2D eigenvalue weighted by molar-refractivity contribution is 9.10. The van der Waals surface area contributed by atoms with Crippen molar-refractivity contribution in [1.29, 1.82) is 0 Å². The molecule has 1 aliphatic heterocycles. The van der Waals surface area contributed by atoms with E-state index in [4.69, 9.17) is 4.74 Å². The molecule has 0 aliphatic carbocycles. The Hall–Kier alpha value is -2.35. The van der Waals surface area contributed by atoms with Gasteiger partial charge in [-0.15, -0.1) is 0 Å². The van der Waals surface area contributed by atoms with Crippen LogP contribution in [0.3, 0.4) is 0 Å². The predicted octanol–water partition coefficient (Wildman–Crippen LogP) is 3.98. The van der Waals surface area contributed by atoms with E-state index in [0.717, 1.165) is 33.9 Å². The maximum absolute atomic E-state index is 12.3. The van der Waals surface area contributed by atoms with Crippen molar-refractivity contribution in [2.45, 2.75) is 45.3 Å². The van der Waals surface area contributed by atoms with Crippen LogP contribution in [0.5, 0.6) is 0 Å². The molecule has 0 radical (unpaired) electrons. The van der Waals surface area contributed by atoms with E-state index in [1.807, 2.05) is 45.2 Å². The molecular weight excluding hydrogens is 424 g/mol. The lowest BCUT2D eigenvalue weighted by Crippen LogP contribution is -2.42. The van der Waals surface area contributed by atoms with Gasteiger partial charge in [-0.1, -0.05) is 15.9 Å². The lowest BCUT2D eigenvalue weighted by atomic mass is 10.0. The van der Waals surface area contributed by atoms with Gasteiger partial charge >= 0.3 is 6.09 Å². The number of piperidine rings is 1. The second-order valence-electron chi connectivity index (χ2n) is 8.16. The zero-order valence-electron chi connectivity index (χ0n) is 16.2. The number of ether oxygens (including phenoxy) is 1. The SMILES string of the molecule is CC(C)(C)OC(=O)N1CCC(n2ccc(=O)n3nc4cc(Br)ccc4c23)CC1. The largest absolute Gasteiger partial charge is 0.444 e. The van der Waals surface area contributed by atoms with Gasteiger partial charge in [0.25, 0.3) is 5.56 Å². The van der Waals surface area contributed by atoms with Crippen molar-refractivity contribution in [3.8, 4) is 0 Å². The van der Waals surface area contributed by atoms with Crippen LogP contribution in [0.25, 0.3) is 16.6 Å². The Kier molecular flexibility index (Phi) is 4.69. The van der Waals surface area contributed by atoms with E-state index in [-0.39, 0.29) is 17.7 Å². The van der Waals surface area contributed by atoms with E-state index in [9.17, 15) is 9.59 Å². The van der Waals surface area contributed by atoms with Gasteiger partial charge in [-0.3, -0.25) is 4.79 Å². The molecule has 4 rings (SSSR count). The number of benzene rings is 1. The maximum atomic E-state index is 12.3. The Morgan fingerprint density at radius 2 is 1.93 bits per heavy atom. The minimum absolute atomic E-state index is 0.148. The first-order valence-electron chi connectivity index (χ1n) is 9.40. The van der Waals surface area contributed by atoms with Crippen molar-refractivity contribution in [1.82, 2.24) is 19.1 Å². The lowest BCUT2D eigenvalue weighted by Gasteiger charge is -2.34. The van der Waals surface area contributed by atoms with Gasteiger partial charge in [0.15, 0.2) is 0 Å². The summed E-state index contributed by atoms with van der Waals surface area (Å²) in [6.07, 6.45) is 3.16. The first-order valence-corrected chi connectivity index (χ1v) is 10.2. The molecule has 0 spiro atoms. The van der Waals surface area contributed by atoms with Gasteiger partial charge in [0.05, 0.1) is 5.52 Å². The molecule has 0 N–H and O–H groups in total. The number of nitrogens with zero attached hydrogens (tertiary/aromatic N) is 4. The van der Waals surface area contributed by atoms with Gasteiger partial charge in [-0.25, -0.2) is 4.79 Å². The van der Waals surface area contributed by atoms with Crippen LogP contribution in [0.15, 0.2) is 39.7 Å². The predicted molar refractivity (Wildman–Crippen MR) is 111 cm³/mol. The van der Waals surface area contributed by atoms with Gasteiger partial charge in [0.1, 0.15) is 11.2 Å². The van der Waals surface area contributed by atoms with E-state index in [0.29, 0.717) is 13.1 Å². The molecule has 0 saturated carbocycles. The van der Waals surface area contributed by atoms with Crippen LogP contribution in [0.4, 0.5) is 4.79 Å². The Morgan fingerprint density at radius 3 is 2.61 bits per heavy atom. The smallest absolute Gasteiger partial charge is 0.410 e. The number of likely N-dealkylation sites (tertiary alicyclic amines) is 1. The average molecular weight is 447 g/mol. The van der Waals surface area contributed by atoms with Crippen molar-refractivity contribution in [3.05, 3.63) is 45.3 Å². The fraction of sp³-hybridized carbons (Fsp3) is 0.450. The number of rotatable bonds is 1. The maximum Gasteiger partial charge on any atom is 0.410 e. The molecule has 2 aromatic heterocycles. The van der Waals surface area contributed by atoms with Crippen LogP contribution in [0.2, 0.25) is 0 Å². The summed E-state index contributed by atoms with van der Waals surface area (Å²) in [4.78, 5) is 26.4. The molecule has 8 heteroatoms. The van der Waals surface area contributed by atoms with Crippen LogP contribution < -0.4 is 5.56 Å². The molecule has 7 nitrogen and oxygen atoms in total. The molecule has 148 valence electrons. The van der Waals surface area contributed by atoms with Crippen molar-refractivity contribution >= 4 is 38.6 Å². The standard InChI is InChI=1S/C20H23BrN4O3/c1-20(2,3)28-19(27)23-9-6-14(7-10-23)24-11-8-17(26)25-18(24)15-5-4-13(21)12-16(15)22-25/h4-5,8,11-12,14H,6-7,9-10H2,1-3H3. The lowest BCUT2D eigenvalue weighted by molar-refractivity contribution is 0.0189. The van der Waals surface area contributed by atoms with Crippen molar-refractivity contribution < 1.29 is 9.53 Å². The minimum atomic E-state index is -0.496. The first-order chi connectivity index (χ1) is 13.2. The average Bonchev–Trinajstić information content (AvgIpc) is 3.00. The van der Waals surface area contributed by atoms with Crippen LogP contribution in [0, 0.1) is 0 Å². The molecule has 1 saturated heterocycles. The van der Waals surface area contributed by atoms with Crippen molar-refractivity contribution in [2.24, 2.45) is 0 Å². The quantitative estimate of drug-likeness (QED) is 0.566. The molecule has 3 heterocycles. The Bertz CT molecular complexity index is 1100. The van der Waals surface area contributed by atoms with E-state index in [1.165, 1.54) is 4.52 Å². The summed E-state index contributed by atoms with van der Waals surface area (Å²) in [6, 6.07) is 7.58. The second-order valence-corrected chi connectivity index (χ2v) is 9.07. The Balaban J connectivity index is 1.64.